The minimum absolute atomic E-state index is 0.0723. The standard InChI is InChI=1S/C13H18BrN5O/c1-4-18-12(5-6-15-18)9(2)17-13(20)10(3)19-8-11(14)7-16-19/h5-10H,4H2,1-3H3,(H,17,20). The minimum Gasteiger partial charge on any atom is -0.346 e. The third kappa shape index (κ3) is 3.09. The van der Waals surface area contributed by atoms with Crippen molar-refractivity contribution in [2.45, 2.75) is 39.4 Å². The van der Waals surface area contributed by atoms with Crippen LogP contribution in [0.3, 0.4) is 0 Å². The maximum absolute atomic E-state index is 12.2. The zero-order chi connectivity index (χ0) is 14.7. The molecule has 0 radical (unpaired) electrons. The summed E-state index contributed by atoms with van der Waals surface area (Å²) in [6.07, 6.45) is 5.19. The third-order valence-electron chi connectivity index (χ3n) is 3.20. The summed E-state index contributed by atoms with van der Waals surface area (Å²) in [5.41, 5.74) is 0.995. The lowest BCUT2D eigenvalue weighted by atomic mass is 10.2. The lowest BCUT2D eigenvalue weighted by Crippen LogP contribution is -2.34. The lowest BCUT2D eigenvalue weighted by molar-refractivity contribution is -0.124. The van der Waals surface area contributed by atoms with Gasteiger partial charge in [0, 0.05) is 18.9 Å². The molecular formula is C13H18BrN5O. The van der Waals surface area contributed by atoms with Crippen LogP contribution in [0.2, 0.25) is 0 Å². The molecular weight excluding hydrogens is 322 g/mol. The number of carbonyl (C=O) groups is 1. The van der Waals surface area contributed by atoms with Gasteiger partial charge in [-0.05, 0) is 42.8 Å². The molecule has 7 heteroatoms. The summed E-state index contributed by atoms with van der Waals surface area (Å²) in [5, 5.41) is 11.3. The van der Waals surface area contributed by atoms with E-state index in [-0.39, 0.29) is 18.0 Å². The van der Waals surface area contributed by atoms with E-state index in [9.17, 15) is 4.79 Å². The number of aryl methyl sites for hydroxylation is 1. The van der Waals surface area contributed by atoms with Gasteiger partial charge in [-0.2, -0.15) is 10.2 Å². The number of carbonyl (C=O) groups excluding carboxylic acids is 1. The highest BCUT2D eigenvalue weighted by Crippen LogP contribution is 2.15. The van der Waals surface area contributed by atoms with Crippen LogP contribution in [0.4, 0.5) is 0 Å². The number of halogens is 1. The van der Waals surface area contributed by atoms with Gasteiger partial charge in [-0.1, -0.05) is 0 Å². The second-order valence-corrected chi connectivity index (χ2v) is 5.53. The predicted octanol–water partition coefficient (Wildman–Crippen LogP) is 2.30. The molecule has 2 atom stereocenters. The summed E-state index contributed by atoms with van der Waals surface area (Å²) in [5.74, 6) is -0.0723. The molecule has 0 aromatic carbocycles. The van der Waals surface area contributed by atoms with E-state index in [0.717, 1.165) is 16.7 Å². The molecule has 2 unspecified atom stereocenters. The van der Waals surface area contributed by atoms with Crippen molar-refractivity contribution in [3.05, 3.63) is 34.8 Å². The Labute approximate surface area is 126 Å². The number of nitrogens with zero attached hydrogens (tertiary/aromatic N) is 4. The molecule has 2 rings (SSSR count). The van der Waals surface area contributed by atoms with Crippen molar-refractivity contribution in [3.8, 4) is 0 Å². The fourth-order valence-electron chi connectivity index (χ4n) is 2.03. The van der Waals surface area contributed by atoms with Gasteiger partial charge < -0.3 is 5.32 Å². The number of hydrogen-bond donors (Lipinski definition) is 1. The van der Waals surface area contributed by atoms with Crippen LogP contribution >= 0.6 is 15.9 Å². The largest absolute Gasteiger partial charge is 0.346 e. The summed E-state index contributed by atoms with van der Waals surface area (Å²) in [4.78, 5) is 12.2. The van der Waals surface area contributed by atoms with Gasteiger partial charge in [0.15, 0.2) is 0 Å². The van der Waals surface area contributed by atoms with Crippen molar-refractivity contribution >= 4 is 21.8 Å². The molecule has 0 aliphatic carbocycles. The number of hydrogen-bond acceptors (Lipinski definition) is 3. The summed E-state index contributed by atoms with van der Waals surface area (Å²) in [6, 6.07) is 1.47. The van der Waals surface area contributed by atoms with Gasteiger partial charge in [-0.25, -0.2) is 0 Å². The number of amides is 1. The summed E-state index contributed by atoms with van der Waals surface area (Å²) in [7, 11) is 0. The zero-order valence-corrected chi connectivity index (χ0v) is 13.3. The Morgan fingerprint density at radius 1 is 1.45 bits per heavy atom. The first-order chi connectivity index (χ1) is 9.52. The fraction of sp³-hybridized carbons (Fsp3) is 0.462. The second-order valence-electron chi connectivity index (χ2n) is 4.62. The van der Waals surface area contributed by atoms with Crippen LogP contribution in [0.1, 0.15) is 38.5 Å². The monoisotopic (exact) mass is 339 g/mol. The van der Waals surface area contributed by atoms with Crippen molar-refractivity contribution in [1.29, 1.82) is 0 Å². The van der Waals surface area contributed by atoms with Crippen molar-refractivity contribution in [2.24, 2.45) is 0 Å². The molecule has 0 bridgehead atoms. The van der Waals surface area contributed by atoms with Crippen LogP contribution in [0.15, 0.2) is 29.1 Å². The molecule has 108 valence electrons. The molecule has 0 aliphatic heterocycles. The van der Waals surface area contributed by atoms with E-state index in [1.807, 2.05) is 31.5 Å². The first-order valence-corrected chi connectivity index (χ1v) is 7.34. The zero-order valence-electron chi connectivity index (χ0n) is 11.7. The van der Waals surface area contributed by atoms with Gasteiger partial charge in [0.05, 0.1) is 22.4 Å². The Balaban J connectivity index is 2.04. The van der Waals surface area contributed by atoms with Gasteiger partial charge >= 0.3 is 0 Å². The molecule has 6 nitrogen and oxygen atoms in total. The normalized spacial score (nSPS) is 14.0. The topological polar surface area (TPSA) is 64.7 Å². The van der Waals surface area contributed by atoms with Gasteiger partial charge in [0.2, 0.25) is 5.91 Å². The summed E-state index contributed by atoms with van der Waals surface area (Å²) >= 11 is 3.32. The molecule has 0 saturated carbocycles. The average Bonchev–Trinajstić information content (AvgIpc) is 3.05. The Morgan fingerprint density at radius 3 is 2.80 bits per heavy atom. The van der Waals surface area contributed by atoms with E-state index in [1.165, 1.54) is 0 Å². The lowest BCUT2D eigenvalue weighted by Gasteiger charge is -2.18. The van der Waals surface area contributed by atoms with Gasteiger partial charge in [0.1, 0.15) is 6.04 Å². The molecule has 2 heterocycles. The number of rotatable bonds is 5. The SMILES string of the molecule is CCn1nccc1C(C)NC(=O)C(C)n1cc(Br)cn1. The molecule has 0 aliphatic rings. The summed E-state index contributed by atoms with van der Waals surface area (Å²) in [6.45, 7) is 6.57. The number of nitrogens with one attached hydrogen (secondary N) is 1. The Hall–Kier alpha value is -1.63. The van der Waals surface area contributed by atoms with Crippen LogP contribution in [-0.2, 0) is 11.3 Å². The van der Waals surface area contributed by atoms with Gasteiger partial charge in [-0.15, -0.1) is 0 Å². The van der Waals surface area contributed by atoms with Crippen LogP contribution in [-0.4, -0.2) is 25.5 Å². The van der Waals surface area contributed by atoms with Crippen molar-refractivity contribution in [1.82, 2.24) is 24.9 Å². The predicted molar refractivity (Wildman–Crippen MR) is 79.1 cm³/mol. The first kappa shape index (κ1) is 14.8. The maximum atomic E-state index is 12.2. The van der Waals surface area contributed by atoms with Crippen LogP contribution in [0.25, 0.3) is 0 Å². The van der Waals surface area contributed by atoms with Crippen LogP contribution < -0.4 is 5.32 Å². The molecule has 0 fully saturated rings. The van der Waals surface area contributed by atoms with E-state index in [0.29, 0.717) is 0 Å². The van der Waals surface area contributed by atoms with Crippen LogP contribution in [0.5, 0.6) is 0 Å². The molecule has 2 aromatic heterocycles. The van der Waals surface area contributed by atoms with E-state index < -0.39 is 0 Å². The summed E-state index contributed by atoms with van der Waals surface area (Å²) < 4.78 is 4.36. The molecule has 1 amide bonds. The van der Waals surface area contributed by atoms with Gasteiger partial charge in [0.25, 0.3) is 0 Å². The minimum atomic E-state index is -0.359. The Bertz CT molecular complexity index is 591. The highest BCUT2D eigenvalue weighted by Gasteiger charge is 2.19. The molecule has 0 saturated heterocycles. The van der Waals surface area contributed by atoms with Crippen molar-refractivity contribution in [2.75, 3.05) is 0 Å². The third-order valence-corrected chi connectivity index (χ3v) is 3.61. The fourth-order valence-corrected chi connectivity index (χ4v) is 2.33. The molecule has 0 spiro atoms. The Morgan fingerprint density at radius 2 is 2.20 bits per heavy atom. The van der Waals surface area contributed by atoms with Crippen molar-refractivity contribution < 1.29 is 4.79 Å². The molecule has 2 aromatic rings. The highest BCUT2D eigenvalue weighted by molar-refractivity contribution is 9.10. The smallest absolute Gasteiger partial charge is 0.245 e. The van der Waals surface area contributed by atoms with Crippen LogP contribution in [0, 0.1) is 0 Å². The van der Waals surface area contributed by atoms with E-state index >= 15 is 0 Å². The van der Waals surface area contributed by atoms with E-state index in [2.05, 4.69) is 31.4 Å². The van der Waals surface area contributed by atoms with Crippen molar-refractivity contribution in [3.63, 3.8) is 0 Å². The highest BCUT2D eigenvalue weighted by atomic mass is 79.9. The molecule has 1 N–H and O–H groups in total. The number of aromatic nitrogens is 4. The van der Waals surface area contributed by atoms with Gasteiger partial charge in [-0.3, -0.25) is 14.2 Å². The molecule has 20 heavy (non-hydrogen) atoms. The first-order valence-electron chi connectivity index (χ1n) is 6.54. The van der Waals surface area contributed by atoms with E-state index in [4.69, 9.17) is 0 Å². The maximum Gasteiger partial charge on any atom is 0.245 e. The average molecular weight is 340 g/mol. The van der Waals surface area contributed by atoms with E-state index in [1.54, 1.807) is 23.3 Å². The Kier molecular flexibility index (Phi) is 4.59. The quantitative estimate of drug-likeness (QED) is 0.908. The second kappa shape index (κ2) is 6.21.